The average Bonchev–Trinajstić information content (AvgIpc) is 3.13. The summed E-state index contributed by atoms with van der Waals surface area (Å²) in [6.45, 7) is 4.57. The SMILES string of the molecule is CCC(CNC(=O)C1(N)CC1)Oc1cccc(C)c1.Cl. The molecule has 3 N–H and O–H groups in total. The molecule has 20 heavy (non-hydrogen) atoms. The molecule has 112 valence electrons. The number of halogens is 1. The van der Waals surface area contributed by atoms with Gasteiger partial charge < -0.3 is 15.8 Å². The molecule has 1 saturated carbocycles. The van der Waals surface area contributed by atoms with Gasteiger partial charge in [0.15, 0.2) is 0 Å². The fraction of sp³-hybridized carbons (Fsp3) is 0.533. The van der Waals surface area contributed by atoms with Crippen LogP contribution in [0.2, 0.25) is 0 Å². The number of aryl methyl sites for hydroxylation is 1. The maximum Gasteiger partial charge on any atom is 0.240 e. The van der Waals surface area contributed by atoms with Gasteiger partial charge in [0.2, 0.25) is 5.91 Å². The van der Waals surface area contributed by atoms with Crippen molar-refractivity contribution in [3.8, 4) is 5.75 Å². The number of hydrogen-bond donors (Lipinski definition) is 2. The highest BCUT2D eigenvalue weighted by molar-refractivity contribution is 5.88. The Morgan fingerprint density at radius 3 is 2.75 bits per heavy atom. The Morgan fingerprint density at radius 2 is 2.20 bits per heavy atom. The van der Waals surface area contributed by atoms with E-state index in [0.29, 0.717) is 6.54 Å². The first-order valence-corrected chi connectivity index (χ1v) is 6.84. The fourth-order valence-corrected chi connectivity index (χ4v) is 1.89. The lowest BCUT2D eigenvalue weighted by Gasteiger charge is -2.19. The Labute approximate surface area is 126 Å². The average molecular weight is 299 g/mol. The highest BCUT2D eigenvalue weighted by Crippen LogP contribution is 2.32. The van der Waals surface area contributed by atoms with Gasteiger partial charge in [-0.25, -0.2) is 0 Å². The second kappa shape index (κ2) is 6.95. The van der Waals surface area contributed by atoms with Crippen molar-refractivity contribution in [2.24, 2.45) is 5.73 Å². The van der Waals surface area contributed by atoms with Gasteiger partial charge in [0.25, 0.3) is 0 Å². The van der Waals surface area contributed by atoms with E-state index in [1.54, 1.807) is 0 Å². The zero-order valence-electron chi connectivity index (χ0n) is 12.0. The van der Waals surface area contributed by atoms with Crippen LogP contribution < -0.4 is 15.8 Å². The number of hydrogen-bond acceptors (Lipinski definition) is 3. The summed E-state index contributed by atoms with van der Waals surface area (Å²) in [7, 11) is 0. The Morgan fingerprint density at radius 1 is 1.50 bits per heavy atom. The first kappa shape index (κ1) is 16.8. The van der Waals surface area contributed by atoms with Crippen molar-refractivity contribution in [3.05, 3.63) is 29.8 Å². The third-order valence-electron chi connectivity index (χ3n) is 3.48. The third-order valence-corrected chi connectivity index (χ3v) is 3.48. The Kier molecular flexibility index (Phi) is 5.84. The summed E-state index contributed by atoms with van der Waals surface area (Å²) < 4.78 is 5.87. The fourth-order valence-electron chi connectivity index (χ4n) is 1.89. The zero-order valence-corrected chi connectivity index (χ0v) is 12.8. The lowest BCUT2D eigenvalue weighted by molar-refractivity contribution is -0.123. The van der Waals surface area contributed by atoms with Crippen LogP contribution >= 0.6 is 12.4 Å². The minimum absolute atomic E-state index is 0. The first-order chi connectivity index (χ1) is 9.03. The molecular weight excluding hydrogens is 276 g/mol. The van der Waals surface area contributed by atoms with Crippen molar-refractivity contribution >= 4 is 18.3 Å². The normalized spacial score (nSPS) is 16.8. The molecule has 2 rings (SSSR count). The number of nitrogens with one attached hydrogen (secondary N) is 1. The van der Waals surface area contributed by atoms with E-state index < -0.39 is 5.54 Å². The van der Waals surface area contributed by atoms with Crippen molar-refractivity contribution in [3.63, 3.8) is 0 Å². The maximum atomic E-state index is 11.8. The van der Waals surface area contributed by atoms with Crippen molar-refractivity contribution in [1.82, 2.24) is 5.32 Å². The molecule has 0 bridgehead atoms. The second-order valence-corrected chi connectivity index (χ2v) is 5.33. The van der Waals surface area contributed by atoms with Gasteiger partial charge in [-0.2, -0.15) is 0 Å². The molecule has 5 heteroatoms. The Bertz CT molecular complexity index is 461. The molecule has 0 heterocycles. The van der Waals surface area contributed by atoms with E-state index in [-0.39, 0.29) is 24.4 Å². The van der Waals surface area contributed by atoms with Crippen molar-refractivity contribution < 1.29 is 9.53 Å². The summed E-state index contributed by atoms with van der Waals surface area (Å²) in [4.78, 5) is 11.8. The Hall–Kier alpha value is -1.26. The topological polar surface area (TPSA) is 64.4 Å². The Balaban J connectivity index is 0.00000200. The number of benzene rings is 1. The maximum absolute atomic E-state index is 11.8. The van der Waals surface area contributed by atoms with Crippen molar-refractivity contribution in [1.29, 1.82) is 0 Å². The van der Waals surface area contributed by atoms with E-state index in [1.807, 2.05) is 38.1 Å². The molecule has 1 aliphatic rings. The smallest absolute Gasteiger partial charge is 0.240 e. The van der Waals surface area contributed by atoms with Gasteiger partial charge in [0.05, 0.1) is 12.1 Å². The highest BCUT2D eigenvalue weighted by atomic mass is 35.5. The number of nitrogens with two attached hydrogens (primary N) is 1. The number of amides is 1. The minimum atomic E-state index is -0.609. The van der Waals surface area contributed by atoms with Crippen LogP contribution in [0.4, 0.5) is 0 Å². The van der Waals surface area contributed by atoms with Gasteiger partial charge in [-0.05, 0) is 43.9 Å². The summed E-state index contributed by atoms with van der Waals surface area (Å²) in [5.41, 5.74) is 6.39. The van der Waals surface area contributed by atoms with Gasteiger partial charge in [0.1, 0.15) is 11.9 Å². The molecule has 0 aromatic heterocycles. The second-order valence-electron chi connectivity index (χ2n) is 5.33. The van der Waals surface area contributed by atoms with Crippen LogP contribution in [0.5, 0.6) is 5.75 Å². The lowest BCUT2D eigenvalue weighted by atomic mass is 10.2. The van der Waals surface area contributed by atoms with Crippen LogP contribution in [-0.4, -0.2) is 24.1 Å². The van der Waals surface area contributed by atoms with Crippen LogP contribution in [-0.2, 0) is 4.79 Å². The van der Waals surface area contributed by atoms with Gasteiger partial charge in [0, 0.05) is 0 Å². The van der Waals surface area contributed by atoms with Crippen LogP contribution in [0.25, 0.3) is 0 Å². The molecule has 1 amide bonds. The van der Waals surface area contributed by atoms with E-state index in [4.69, 9.17) is 10.5 Å². The standard InChI is InChI=1S/C15H22N2O2.ClH/c1-3-12(10-17-14(18)15(16)7-8-15)19-13-6-4-5-11(2)9-13;/h4-6,9,12H,3,7-8,10,16H2,1-2H3,(H,17,18);1H. The van der Waals surface area contributed by atoms with Crippen molar-refractivity contribution in [2.75, 3.05) is 6.54 Å². The van der Waals surface area contributed by atoms with Crippen molar-refractivity contribution in [2.45, 2.75) is 44.8 Å². The molecule has 1 fully saturated rings. The highest BCUT2D eigenvalue weighted by Gasteiger charge is 2.45. The van der Waals surface area contributed by atoms with Crippen LogP contribution in [0.3, 0.4) is 0 Å². The third kappa shape index (κ3) is 4.39. The summed E-state index contributed by atoms with van der Waals surface area (Å²) in [5, 5.41) is 2.88. The van der Waals surface area contributed by atoms with Crippen LogP contribution in [0, 0.1) is 6.92 Å². The monoisotopic (exact) mass is 298 g/mol. The molecular formula is C15H23ClN2O2. The quantitative estimate of drug-likeness (QED) is 0.846. The van der Waals surface area contributed by atoms with Crippen LogP contribution in [0.1, 0.15) is 31.7 Å². The molecule has 0 saturated heterocycles. The molecule has 0 spiro atoms. The van der Waals surface area contributed by atoms with Gasteiger partial charge in [-0.15, -0.1) is 12.4 Å². The van der Waals surface area contributed by atoms with E-state index in [0.717, 1.165) is 30.6 Å². The predicted octanol–water partition coefficient (Wildman–Crippen LogP) is 2.18. The van der Waals surface area contributed by atoms with Gasteiger partial charge >= 0.3 is 0 Å². The first-order valence-electron chi connectivity index (χ1n) is 6.84. The van der Waals surface area contributed by atoms with E-state index in [9.17, 15) is 4.79 Å². The van der Waals surface area contributed by atoms with E-state index >= 15 is 0 Å². The minimum Gasteiger partial charge on any atom is -0.489 e. The predicted molar refractivity (Wildman–Crippen MR) is 82.3 cm³/mol. The number of ether oxygens (including phenoxy) is 1. The number of carbonyl (C=O) groups excluding carboxylic acids is 1. The molecule has 1 aromatic rings. The van der Waals surface area contributed by atoms with E-state index in [1.165, 1.54) is 0 Å². The van der Waals surface area contributed by atoms with Gasteiger partial charge in [-0.3, -0.25) is 4.79 Å². The summed E-state index contributed by atoms with van der Waals surface area (Å²) >= 11 is 0. The molecule has 1 aromatic carbocycles. The summed E-state index contributed by atoms with van der Waals surface area (Å²) in [6.07, 6.45) is 2.39. The van der Waals surface area contributed by atoms with Crippen LogP contribution in [0.15, 0.2) is 24.3 Å². The summed E-state index contributed by atoms with van der Waals surface area (Å²) in [5.74, 6) is 0.786. The number of rotatable bonds is 6. The molecule has 1 atom stereocenters. The number of carbonyl (C=O) groups is 1. The molecule has 4 nitrogen and oxygen atoms in total. The molecule has 1 aliphatic carbocycles. The van der Waals surface area contributed by atoms with Gasteiger partial charge in [-0.1, -0.05) is 19.1 Å². The lowest BCUT2D eigenvalue weighted by Crippen LogP contribution is -2.46. The molecule has 0 radical (unpaired) electrons. The summed E-state index contributed by atoms with van der Waals surface area (Å²) in [6, 6.07) is 7.93. The van der Waals surface area contributed by atoms with E-state index in [2.05, 4.69) is 5.32 Å². The zero-order chi connectivity index (χ0) is 13.9. The molecule has 1 unspecified atom stereocenters. The largest absolute Gasteiger partial charge is 0.489 e. The molecule has 0 aliphatic heterocycles.